The number of aromatic nitrogens is 3. The maximum Gasteiger partial charge on any atom is 0.271 e. The number of hydrogen-bond acceptors (Lipinski definition) is 6. The van der Waals surface area contributed by atoms with Gasteiger partial charge in [0.2, 0.25) is 5.89 Å². The van der Waals surface area contributed by atoms with Crippen molar-refractivity contribution in [3.63, 3.8) is 0 Å². The summed E-state index contributed by atoms with van der Waals surface area (Å²) in [4.78, 5) is 15.0. The van der Waals surface area contributed by atoms with E-state index in [1.807, 2.05) is 24.3 Å². The van der Waals surface area contributed by atoms with Crippen LogP contribution in [0.15, 0.2) is 59.3 Å². The zero-order valence-corrected chi connectivity index (χ0v) is 13.8. The Morgan fingerprint density at radius 2 is 2.04 bits per heavy atom. The van der Waals surface area contributed by atoms with Crippen LogP contribution < -0.4 is 4.74 Å². The average molecular weight is 350 g/mol. The molecule has 2 aromatic carbocycles. The molecule has 0 bridgehead atoms. The minimum absolute atomic E-state index is 0.0262. The number of rotatable bonds is 5. The molecule has 130 valence electrons. The summed E-state index contributed by atoms with van der Waals surface area (Å²) in [7, 11) is 1.61. The summed E-state index contributed by atoms with van der Waals surface area (Å²) in [5.74, 6) is 1.25. The maximum atomic E-state index is 11.0. The molecule has 8 nitrogen and oxygen atoms in total. The third kappa shape index (κ3) is 2.88. The lowest BCUT2D eigenvalue weighted by atomic mass is 10.2. The monoisotopic (exact) mass is 350 g/mol. The predicted octanol–water partition coefficient (Wildman–Crippen LogP) is 3.66. The molecule has 0 radical (unpaired) electrons. The molecule has 0 spiro atoms. The van der Waals surface area contributed by atoms with Gasteiger partial charge in [-0.15, -0.1) is 0 Å². The molecule has 8 heteroatoms. The van der Waals surface area contributed by atoms with Gasteiger partial charge in [-0.05, 0) is 30.3 Å². The van der Waals surface area contributed by atoms with Crippen LogP contribution in [0, 0.1) is 10.1 Å². The first-order chi connectivity index (χ1) is 12.6. The fourth-order valence-electron chi connectivity index (χ4n) is 2.70. The molecule has 0 saturated heterocycles. The first-order valence-electron chi connectivity index (χ1n) is 7.83. The molecular formula is C18H14N4O4. The number of benzene rings is 2. The smallest absolute Gasteiger partial charge is 0.271 e. The Kier molecular flexibility index (Phi) is 3.85. The van der Waals surface area contributed by atoms with Crippen molar-refractivity contribution >= 4 is 16.6 Å². The summed E-state index contributed by atoms with van der Waals surface area (Å²) in [5, 5.41) is 16.1. The molecular weight excluding hydrogens is 336 g/mol. The van der Waals surface area contributed by atoms with E-state index in [9.17, 15) is 10.1 Å². The molecule has 0 aliphatic rings. The fourth-order valence-corrected chi connectivity index (χ4v) is 2.70. The number of ether oxygens (including phenoxy) is 1. The minimum atomic E-state index is -0.422. The van der Waals surface area contributed by atoms with E-state index in [0.29, 0.717) is 23.6 Å². The second kappa shape index (κ2) is 6.32. The van der Waals surface area contributed by atoms with Gasteiger partial charge in [-0.1, -0.05) is 0 Å². The normalized spacial score (nSPS) is 11.0. The van der Waals surface area contributed by atoms with Crippen LogP contribution in [-0.4, -0.2) is 26.8 Å². The van der Waals surface area contributed by atoms with E-state index in [2.05, 4.69) is 10.1 Å². The minimum Gasteiger partial charge on any atom is -0.497 e. The van der Waals surface area contributed by atoms with Crippen molar-refractivity contribution in [1.29, 1.82) is 0 Å². The third-order valence-corrected chi connectivity index (χ3v) is 4.04. The van der Waals surface area contributed by atoms with Crippen molar-refractivity contribution in [3.05, 3.63) is 70.7 Å². The Labute approximate surface area is 147 Å². The first-order valence-corrected chi connectivity index (χ1v) is 7.83. The van der Waals surface area contributed by atoms with Crippen molar-refractivity contribution in [2.45, 2.75) is 6.54 Å². The number of hydrogen-bond donors (Lipinski definition) is 0. The van der Waals surface area contributed by atoms with Crippen LogP contribution in [-0.2, 0) is 6.54 Å². The number of non-ortho nitro benzene ring substituents is 1. The molecule has 0 amide bonds. The lowest BCUT2D eigenvalue weighted by molar-refractivity contribution is -0.384. The lowest BCUT2D eigenvalue weighted by Gasteiger charge is -2.01. The Balaban J connectivity index is 1.61. The van der Waals surface area contributed by atoms with Gasteiger partial charge in [0.25, 0.3) is 5.69 Å². The maximum absolute atomic E-state index is 11.0. The average Bonchev–Trinajstić information content (AvgIpc) is 3.29. The summed E-state index contributed by atoms with van der Waals surface area (Å²) in [6, 6.07) is 12.0. The standard InChI is InChI=1S/C18H14N4O4/c1-25-16-6-3-12(4-7-16)18-20-14(11-26-18)10-21-17-8-15(22(23)24)5-2-13(17)9-19-21/h2-9,11H,10H2,1H3. The SMILES string of the molecule is COc1ccc(-c2nc(Cn3ncc4ccc([N+](=O)[O-])cc43)co2)cc1. The molecule has 0 atom stereocenters. The van der Waals surface area contributed by atoms with E-state index in [1.54, 1.807) is 30.3 Å². The van der Waals surface area contributed by atoms with Gasteiger partial charge >= 0.3 is 0 Å². The van der Waals surface area contributed by atoms with Crippen molar-refractivity contribution < 1.29 is 14.1 Å². The zero-order valence-electron chi connectivity index (χ0n) is 13.8. The van der Waals surface area contributed by atoms with Crippen molar-refractivity contribution in [3.8, 4) is 17.2 Å². The Morgan fingerprint density at radius 3 is 2.77 bits per heavy atom. The summed E-state index contributed by atoms with van der Waals surface area (Å²) >= 11 is 0. The summed E-state index contributed by atoms with van der Waals surface area (Å²) in [6.07, 6.45) is 3.23. The Morgan fingerprint density at radius 1 is 1.23 bits per heavy atom. The summed E-state index contributed by atoms with van der Waals surface area (Å²) in [6.45, 7) is 0.352. The summed E-state index contributed by atoms with van der Waals surface area (Å²) < 4.78 is 12.3. The number of fused-ring (bicyclic) bond motifs is 1. The van der Waals surface area contributed by atoms with Gasteiger partial charge in [-0.3, -0.25) is 14.8 Å². The largest absolute Gasteiger partial charge is 0.497 e. The molecule has 4 rings (SSSR count). The number of oxazole rings is 1. The highest BCUT2D eigenvalue weighted by molar-refractivity contribution is 5.81. The summed E-state index contributed by atoms with van der Waals surface area (Å²) in [5.41, 5.74) is 2.21. The van der Waals surface area contributed by atoms with E-state index in [-0.39, 0.29) is 5.69 Å². The van der Waals surface area contributed by atoms with E-state index >= 15 is 0 Å². The number of nitro groups is 1. The van der Waals surface area contributed by atoms with Crippen molar-refractivity contribution in [1.82, 2.24) is 14.8 Å². The van der Waals surface area contributed by atoms with Crippen molar-refractivity contribution in [2.24, 2.45) is 0 Å². The van der Waals surface area contributed by atoms with Gasteiger partial charge in [0.1, 0.15) is 17.7 Å². The molecule has 0 unspecified atom stereocenters. The quantitative estimate of drug-likeness (QED) is 0.402. The van der Waals surface area contributed by atoms with Gasteiger partial charge in [-0.25, -0.2) is 4.98 Å². The molecule has 26 heavy (non-hydrogen) atoms. The zero-order chi connectivity index (χ0) is 18.1. The number of nitrogens with zero attached hydrogens (tertiary/aromatic N) is 4. The Bertz CT molecular complexity index is 1080. The number of nitro benzene ring substituents is 1. The van der Waals surface area contributed by atoms with Gasteiger partial charge in [0.05, 0.1) is 30.3 Å². The van der Waals surface area contributed by atoms with Crippen LogP contribution in [0.4, 0.5) is 5.69 Å². The van der Waals surface area contributed by atoms with Crippen LogP contribution in [0.2, 0.25) is 0 Å². The second-order valence-electron chi connectivity index (χ2n) is 5.67. The topological polar surface area (TPSA) is 96.2 Å². The number of methoxy groups -OCH3 is 1. The van der Waals surface area contributed by atoms with Crippen LogP contribution in [0.25, 0.3) is 22.4 Å². The highest BCUT2D eigenvalue weighted by Gasteiger charge is 2.13. The molecule has 2 aromatic heterocycles. The molecule has 4 aromatic rings. The lowest BCUT2D eigenvalue weighted by Crippen LogP contribution is -2.02. The second-order valence-corrected chi connectivity index (χ2v) is 5.67. The highest BCUT2D eigenvalue weighted by atomic mass is 16.6. The fraction of sp³-hybridized carbons (Fsp3) is 0.111. The molecule has 2 heterocycles. The molecule has 0 saturated carbocycles. The van der Waals surface area contributed by atoms with Crippen LogP contribution in [0.5, 0.6) is 5.75 Å². The predicted molar refractivity (Wildman–Crippen MR) is 94.0 cm³/mol. The van der Waals surface area contributed by atoms with Crippen LogP contribution >= 0.6 is 0 Å². The van der Waals surface area contributed by atoms with E-state index in [4.69, 9.17) is 9.15 Å². The van der Waals surface area contributed by atoms with Crippen LogP contribution in [0.1, 0.15) is 5.69 Å². The van der Waals surface area contributed by atoms with Gasteiger partial charge < -0.3 is 9.15 Å². The van der Waals surface area contributed by atoms with Gasteiger partial charge in [0, 0.05) is 23.1 Å². The van der Waals surface area contributed by atoms with E-state index in [1.165, 1.54) is 12.1 Å². The third-order valence-electron chi connectivity index (χ3n) is 4.04. The molecule has 0 aliphatic carbocycles. The van der Waals surface area contributed by atoms with Crippen LogP contribution in [0.3, 0.4) is 0 Å². The molecule has 0 fully saturated rings. The van der Waals surface area contributed by atoms with Gasteiger partial charge in [-0.2, -0.15) is 5.10 Å². The first kappa shape index (κ1) is 15.8. The molecule has 0 N–H and O–H groups in total. The Hall–Kier alpha value is -3.68. The van der Waals surface area contributed by atoms with E-state index in [0.717, 1.165) is 16.7 Å². The highest BCUT2D eigenvalue weighted by Crippen LogP contribution is 2.24. The van der Waals surface area contributed by atoms with Crippen molar-refractivity contribution in [2.75, 3.05) is 7.11 Å². The van der Waals surface area contributed by atoms with Gasteiger partial charge in [0.15, 0.2) is 0 Å². The van der Waals surface area contributed by atoms with E-state index < -0.39 is 4.92 Å². The molecule has 0 aliphatic heterocycles.